The average Bonchev–Trinajstić information content (AvgIpc) is 3.43. The van der Waals surface area contributed by atoms with E-state index in [-0.39, 0.29) is 26.7 Å². The van der Waals surface area contributed by atoms with Gasteiger partial charge in [-0.2, -0.15) is 5.10 Å². The quantitative estimate of drug-likeness (QED) is 0.362. The first-order chi connectivity index (χ1) is 16.6. The number of benzene rings is 1. The number of hydrogen-bond donors (Lipinski definition) is 1. The van der Waals surface area contributed by atoms with E-state index in [4.69, 9.17) is 11.6 Å². The van der Waals surface area contributed by atoms with Crippen molar-refractivity contribution < 1.29 is 17.2 Å². The number of aryl methyl sites for hydroxylation is 2. The standard InChI is InChI=1S/C23H17ClF2N6O2S/c1-13-20(9-15(24)10-27-13)35(33,34)30-17-5-4-16(25)21(22(17)26)14-3-6-19-23(28-12-32(19)11-14)18-7-8-31(2)29-18/h3-12,30H,1-2H3. The molecule has 0 radical (unpaired) electrons. The first-order valence-electron chi connectivity index (χ1n) is 10.2. The number of fused-ring (bicyclic) bond motifs is 1. The largest absolute Gasteiger partial charge is 0.305 e. The molecular formula is C23H17ClF2N6O2S. The maximum atomic E-state index is 15.5. The molecule has 0 unspecified atom stereocenters. The number of halogens is 3. The number of pyridine rings is 2. The summed E-state index contributed by atoms with van der Waals surface area (Å²) in [6.45, 7) is 1.48. The lowest BCUT2D eigenvalue weighted by atomic mass is 10.0. The van der Waals surface area contributed by atoms with E-state index in [1.54, 1.807) is 28.4 Å². The molecule has 12 heteroatoms. The van der Waals surface area contributed by atoms with Crippen molar-refractivity contribution in [2.24, 2.45) is 7.05 Å². The highest BCUT2D eigenvalue weighted by atomic mass is 35.5. The van der Waals surface area contributed by atoms with E-state index in [9.17, 15) is 12.8 Å². The van der Waals surface area contributed by atoms with Gasteiger partial charge in [0.2, 0.25) is 0 Å². The van der Waals surface area contributed by atoms with E-state index in [0.29, 0.717) is 16.9 Å². The molecule has 0 saturated carbocycles. The first kappa shape index (κ1) is 22.9. The fourth-order valence-corrected chi connectivity index (χ4v) is 5.25. The highest BCUT2D eigenvalue weighted by Gasteiger charge is 2.23. The molecule has 4 heterocycles. The molecule has 0 bridgehead atoms. The third-order valence-corrected chi connectivity index (χ3v) is 7.10. The smallest absolute Gasteiger partial charge is 0.263 e. The second kappa shape index (κ2) is 8.43. The van der Waals surface area contributed by atoms with Gasteiger partial charge in [0.05, 0.1) is 27.5 Å². The zero-order chi connectivity index (χ0) is 24.9. The van der Waals surface area contributed by atoms with Crippen molar-refractivity contribution in [2.45, 2.75) is 11.8 Å². The Hall–Kier alpha value is -3.83. The predicted octanol–water partition coefficient (Wildman–Crippen LogP) is 4.84. The van der Waals surface area contributed by atoms with E-state index in [2.05, 4.69) is 19.8 Å². The normalized spacial score (nSPS) is 11.8. The van der Waals surface area contributed by atoms with Crippen LogP contribution in [0.15, 0.2) is 66.2 Å². The number of nitrogens with one attached hydrogen (secondary N) is 1. The van der Waals surface area contributed by atoms with Gasteiger partial charge >= 0.3 is 0 Å². The lowest BCUT2D eigenvalue weighted by molar-refractivity contribution is 0.587. The number of rotatable bonds is 5. The fraction of sp³-hybridized carbons (Fsp3) is 0.0870. The van der Waals surface area contributed by atoms with Gasteiger partial charge in [0.25, 0.3) is 10.0 Å². The summed E-state index contributed by atoms with van der Waals surface area (Å²) in [4.78, 5) is 8.08. The maximum absolute atomic E-state index is 15.5. The Morgan fingerprint density at radius 2 is 1.89 bits per heavy atom. The van der Waals surface area contributed by atoms with Gasteiger partial charge in [0.15, 0.2) is 5.82 Å². The molecule has 0 fully saturated rings. The van der Waals surface area contributed by atoms with E-state index in [0.717, 1.165) is 12.1 Å². The van der Waals surface area contributed by atoms with Crippen molar-refractivity contribution in [3.05, 3.63) is 83.7 Å². The highest BCUT2D eigenvalue weighted by Crippen LogP contribution is 2.33. The number of imidazole rings is 1. The van der Waals surface area contributed by atoms with Crippen LogP contribution in [0.2, 0.25) is 5.02 Å². The van der Waals surface area contributed by atoms with Crippen LogP contribution in [0.5, 0.6) is 0 Å². The van der Waals surface area contributed by atoms with Crippen LogP contribution < -0.4 is 4.72 Å². The molecule has 0 aliphatic heterocycles. The lowest BCUT2D eigenvalue weighted by Crippen LogP contribution is -2.16. The van der Waals surface area contributed by atoms with E-state index in [1.165, 1.54) is 37.8 Å². The highest BCUT2D eigenvalue weighted by molar-refractivity contribution is 7.92. The summed E-state index contributed by atoms with van der Waals surface area (Å²) in [5.41, 5.74) is 1.53. The fourth-order valence-electron chi connectivity index (χ4n) is 3.74. The van der Waals surface area contributed by atoms with Gasteiger partial charge in [0.1, 0.15) is 28.4 Å². The van der Waals surface area contributed by atoms with Crippen LogP contribution in [0, 0.1) is 18.6 Å². The van der Waals surface area contributed by atoms with Crippen molar-refractivity contribution in [3.8, 4) is 22.5 Å². The Kier molecular flexibility index (Phi) is 5.53. The van der Waals surface area contributed by atoms with Crippen LogP contribution in [0.4, 0.5) is 14.5 Å². The Morgan fingerprint density at radius 3 is 2.63 bits per heavy atom. The molecule has 5 rings (SSSR count). The van der Waals surface area contributed by atoms with Crippen LogP contribution in [0.3, 0.4) is 0 Å². The molecule has 0 aliphatic carbocycles. The van der Waals surface area contributed by atoms with Crippen LogP contribution in [-0.2, 0) is 17.1 Å². The summed E-state index contributed by atoms with van der Waals surface area (Å²) in [5.74, 6) is -1.92. The van der Waals surface area contributed by atoms with Crippen molar-refractivity contribution in [2.75, 3.05) is 4.72 Å². The van der Waals surface area contributed by atoms with Crippen molar-refractivity contribution >= 4 is 32.8 Å². The number of anilines is 1. The van der Waals surface area contributed by atoms with Crippen LogP contribution in [0.1, 0.15) is 5.69 Å². The van der Waals surface area contributed by atoms with Crippen LogP contribution in [-0.4, -0.2) is 32.6 Å². The third-order valence-electron chi connectivity index (χ3n) is 5.41. The van der Waals surface area contributed by atoms with E-state index >= 15 is 4.39 Å². The minimum atomic E-state index is -4.24. The number of nitrogens with zero attached hydrogens (tertiary/aromatic N) is 5. The Balaban J connectivity index is 1.56. The molecule has 0 amide bonds. The third kappa shape index (κ3) is 4.13. The molecule has 178 valence electrons. The summed E-state index contributed by atoms with van der Waals surface area (Å²) >= 11 is 5.88. The number of aromatic nitrogens is 5. The summed E-state index contributed by atoms with van der Waals surface area (Å²) in [6.07, 6.45) is 6.12. The minimum absolute atomic E-state index is 0.106. The van der Waals surface area contributed by atoms with Gasteiger partial charge in [-0.3, -0.25) is 14.4 Å². The second-order valence-corrected chi connectivity index (χ2v) is 9.89. The van der Waals surface area contributed by atoms with Gasteiger partial charge in [-0.25, -0.2) is 22.2 Å². The molecule has 0 saturated heterocycles. The van der Waals surface area contributed by atoms with Gasteiger partial charge < -0.3 is 4.40 Å². The summed E-state index contributed by atoms with van der Waals surface area (Å²) < 4.78 is 61.5. The topological polar surface area (TPSA) is 94.2 Å². The number of hydrogen-bond acceptors (Lipinski definition) is 5. The van der Waals surface area contributed by atoms with E-state index in [1.807, 2.05) is 6.07 Å². The molecule has 0 atom stereocenters. The Morgan fingerprint density at radius 1 is 1.09 bits per heavy atom. The van der Waals surface area contributed by atoms with Crippen molar-refractivity contribution in [1.82, 2.24) is 24.1 Å². The molecule has 1 aromatic carbocycles. The zero-order valence-electron chi connectivity index (χ0n) is 18.4. The van der Waals surface area contributed by atoms with Crippen LogP contribution in [0.25, 0.3) is 28.0 Å². The van der Waals surface area contributed by atoms with Gasteiger partial charge in [0, 0.05) is 31.2 Å². The molecule has 1 N–H and O–H groups in total. The Bertz CT molecular complexity index is 1710. The second-order valence-electron chi connectivity index (χ2n) is 7.80. The molecule has 35 heavy (non-hydrogen) atoms. The number of sulfonamides is 1. The molecule has 8 nitrogen and oxygen atoms in total. The minimum Gasteiger partial charge on any atom is -0.305 e. The van der Waals surface area contributed by atoms with Gasteiger partial charge in [-0.1, -0.05) is 17.7 Å². The summed E-state index contributed by atoms with van der Waals surface area (Å²) in [7, 11) is -2.46. The lowest BCUT2D eigenvalue weighted by Gasteiger charge is -2.14. The Labute approximate surface area is 203 Å². The SMILES string of the molecule is Cc1ncc(Cl)cc1S(=O)(=O)Nc1ccc(F)c(-c2ccc3c(-c4ccn(C)n4)ncn3c2)c1F. The monoisotopic (exact) mass is 514 g/mol. The van der Waals surface area contributed by atoms with Crippen molar-refractivity contribution in [3.63, 3.8) is 0 Å². The average molecular weight is 515 g/mol. The van der Waals surface area contributed by atoms with Crippen LogP contribution >= 0.6 is 11.6 Å². The molecule has 5 aromatic rings. The molecule has 0 spiro atoms. The maximum Gasteiger partial charge on any atom is 0.263 e. The van der Waals surface area contributed by atoms with Gasteiger partial charge in [-0.15, -0.1) is 0 Å². The molecular weight excluding hydrogens is 498 g/mol. The summed E-state index contributed by atoms with van der Waals surface area (Å²) in [6, 6.07) is 8.24. The van der Waals surface area contributed by atoms with E-state index < -0.39 is 27.3 Å². The predicted molar refractivity (Wildman–Crippen MR) is 128 cm³/mol. The molecule has 4 aromatic heterocycles. The van der Waals surface area contributed by atoms with Gasteiger partial charge in [-0.05, 0) is 37.3 Å². The molecule has 0 aliphatic rings. The zero-order valence-corrected chi connectivity index (χ0v) is 19.9. The first-order valence-corrected chi connectivity index (χ1v) is 12.1. The summed E-state index contributed by atoms with van der Waals surface area (Å²) in [5, 5.41) is 4.44. The van der Waals surface area contributed by atoms with Crippen molar-refractivity contribution in [1.29, 1.82) is 0 Å².